The lowest BCUT2D eigenvalue weighted by atomic mass is 9.83. The molecule has 0 spiro atoms. The number of hydrogen-bond acceptors (Lipinski definition) is 8. The Hall–Kier alpha value is -6.24. The second-order valence-corrected chi connectivity index (χ2v) is 31.4. The van der Waals surface area contributed by atoms with Crippen LogP contribution in [0, 0.1) is 23.5 Å². The second-order valence-electron chi connectivity index (χ2n) is 25.4. The smallest absolute Gasteiger partial charge is 0.354 e. The molecule has 2 aliphatic heterocycles. The Morgan fingerprint density at radius 1 is 0.490 bits per heavy atom. The van der Waals surface area contributed by atoms with Crippen molar-refractivity contribution in [2.24, 2.45) is 11.8 Å². The first-order chi connectivity index (χ1) is 45.5. The molecule has 8 atom stereocenters. The van der Waals surface area contributed by atoms with Gasteiger partial charge in [0.05, 0.1) is 72.0 Å². The third-order valence-corrected chi connectivity index (χ3v) is 23.8. The van der Waals surface area contributed by atoms with Crippen molar-refractivity contribution in [2.45, 2.75) is 147 Å². The molecular formula is C70H68Cl4F8N4O8S2. The number of carbonyl (C=O) groups is 2. The molecular weight excluding hydrogens is 1380 g/mol. The van der Waals surface area contributed by atoms with Gasteiger partial charge in [0.15, 0.2) is 11.2 Å². The Bertz CT molecular complexity index is 3830. The van der Waals surface area contributed by atoms with Gasteiger partial charge in [-0.25, -0.2) is 25.6 Å². The van der Waals surface area contributed by atoms with E-state index >= 15 is 8.78 Å². The zero-order chi connectivity index (χ0) is 68.9. The first-order valence-electron chi connectivity index (χ1n) is 31.4. The van der Waals surface area contributed by atoms with Crippen LogP contribution >= 0.6 is 46.4 Å². The number of halogens is 12. The Morgan fingerprint density at radius 2 is 0.833 bits per heavy atom. The summed E-state index contributed by atoms with van der Waals surface area (Å²) in [5.74, 6) is -4.00. The van der Waals surface area contributed by atoms with E-state index in [1.54, 1.807) is 97.1 Å². The largest absolute Gasteiger partial charge is 0.392 e. The molecule has 0 bridgehead atoms. The molecule has 512 valence electrons. The highest BCUT2D eigenvalue weighted by molar-refractivity contribution is 7.94. The molecule has 26 heteroatoms. The molecule has 6 aliphatic rings. The second kappa shape index (κ2) is 28.2. The van der Waals surface area contributed by atoms with E-state index in [0.29, 0.717) is 93.7 Å². The SMILES string of the molecule is C=CC[C@@]1(CC(F)(F)F)O[C@H](c2cccc(Cl)c2)[C@@H](c2ccc(Cl)cc2)N([C@H](CN(c2ccccc2F)S(=O)(=O)C2CC2)C2CC2)C1=O.C=CC[C@]1(CC(F)(F)F)O[C@H](c2cccc(Cl)c2)[C@@H](c2ccc(Cl)cc2)N([C@H](CN(c2ccccc2F)S(=O)(=O)C2CC2)C2CC2)C1=O. The number of sulfonamides is 2. The van der Waals surface area contributed by atoms with Crippen LogP contribution in [-0.4, -0.2) is 97.7 Å². The molecule has 4 aliphatic carbocycles. The number of benzene rings is 6. The molecule has 12 rings (SSSR count). The molecule has 2 saturated heterocycles. The van der Waals surface area contributed by atoms with Gasteiger partial charge in [0.25, 0.3) is 11.8 Å². The van der Waals surface area contributed by atoms with Crippen LogP contribution in [0.15, 0.2) is 171 Å². The molecule has 6 fully saturated rings. The lowest BCUT2D eigenvalue weighted by Crippen LogP contribution is -2.64. The van der Waals surface area contributed by atoms with Gasteiger partial charge in [0.2, 0.25) is 20.0 Å². The minimum Gasteiger partial charge on any atom is -0.354 e. The first-order valence-corrected chi connectivity index (χ1v) is 35.9. The fourth-order valence-corrected chi connectivity index (χ4v) is 17.8. The van der Waals surface area contributed by atoms with E-state index in [4.69, 9.17) is 55.9 Å². The molecule has 0 N–H and O–H groups in total. The highest BCUT2D eigenvalue weighted by Gasteiger charge is 2.63. The van der Waals surface area contributed by atoms with Gasteiger partial charge in [-0.1, -0.05) is 131 Å². The molecule has 12 nitrogen and oxygen atoms in total. The van der Waals surface area contributed by atoms with E-state index in [0.717, 1.165) is 20.7 Å². The number of nitrogens with zero attached hydrogens (tertiary/aromatic N) is 4. The van der Waals surface area contributed by atoms with Crippen molar-refractivity contribution in [3.63, 3.8) is 0 Å². The van der Waals surface area contributed by atoms with Gasteiger partial charge in [-0.15, -0.1) is 13.2 Å². The van der Waals surface area contributed by atoms with Crippen LogP contribution in [0.25, 0.3) is 0 Å². The Balaban J connectivity index is 0.000000195. The third kappa shape index (κ3) is 15.6. The number of alkyl halides is 6. The molecule has 0 radical (unpaired) electrons. The van der Waals surface area contributed by atoms with Crippen molar-refractivity contribution in [2.75, 3.05) is 21.7 Å². The van der Waals surface area contributed by atoms with Crippen LogP contribution in [0.5, 0.6) is 0 Å². The Labute approximate surface area is 572 Å². The van der Waals surface area contributed by atoms with Crippen molar-refractivity contribution in [1.82, 2.24) is 9.80 Å². The minimum absolute atomic E-state index is 0.183. The van der Waals surface area contributed by atoms with Gasteiger partial charge < -0.3 is 19.3 Å². The number of para-hydroxylation sites is 2. The van der Waals surface area contributed by atoms with Crippen LogP contribution in [0.2, 0.25) is 20.1 Å². The number of hydrogen-bond donors (Lipinski definition) is 0. The molecule has 4 saturated carbocycles. The van der Waals surface area contributed by atoms with E-state index in [1.165, 1.54) is 58.4 Å². The van der Waals surface area contributed by atoms with Gasteiger partial charge in [-0.2, -0.15) is 26.3 Å². The van der Waals surface area contributed by atoms with Gasteiger partial charge in [-0.05, 0) is 158 Å². The quantitative estimate of drug-likeness (QED) is 0.0432. The van der Waals surface area contributed by atoms with E-state index < -0.39 is 140 Å². The lowest BCUT2D eigenvalue weighted by molar-refractivity contribution is -0.239. The van der Waals surface area contributed by atoms with E-state index in [2.05, 4.69) is 13.2 Å². The number of carbonyl (C=O) groups excluding carboxylic acids is 2. The molecule has 0 aromatic heterocycles. The topological polar surface area (TPSA) is 134 Å². The van der Waals surface area contributed by atoms with Gasteiger partial charge in [0, 0.05) is 32.9 Å². The summed E-state index contributed by atoms with van der Waals surface area (Å²) in [5.41, 5.74) is -3.38. The Kier molecular flexibility index (Phi) is 20.9. The number of anilines is 2. The maximum Gasteiger partial charge on any atom is 0.392 e. The highest BCUT2D eigenvalue weighted by Crippen LogP contribution is 2.56. The average Bonchev–Trinajstić information content (AvgIpc) is 0.901. The van der Waals surface area contributed by atoms with E-state index in [1.807, 2.05) is 0 Å². The normalized spacial score (nSPS) is 24.0. The van der Waals surface area contributed by atoms with Crippen LogP contribution in [0.3, 0.4) is 0 Å². The number of amides is 2. The monoisotopic (exact) mass is 1450 g/mol. The van der Waals surface area contributed by atoms with Gasteiger partial charge >= 0.3 is 12.4 Å². The summed E-state index contributed by atoms with van der Waals surface area (Å²) in [5, 5.41) is -0.0574. The van der Waals surface area contributed by atoms with Crippen LogP contribution in [0.1, 0.15) is 124 Å². The summed E-state index contributed by atoms with van der Waals surface area (Å²) in [6.07, 6.45) is -9.76. The zero-order valence-electron chi connectivity index (χ0n) is 51.5. The van der Waals surface area contributed by atoms with E-state index in [9.17, 15) is 52.8 Å². The molecule has 6 aromatic rings. The highest BCUT2D eigenvalue weighted by atomic mass is 35.5. The summed E-state index contributed by atoms with van der Waals surface area (Å²) < 4.78 is 188. The van der Waals surface area contributed by atoms with Crippen molar-refractivity contribution < 1.29 is 71.0 Å². The molecule has 0 unspecified atom stereocenters. The van der Waals surface area contributed by atoms with Crippen LogP contribution < -0.4 is 8.61 Å². The average molecular weight is 1450 g/mol. The van der Waals surface area contributed by atoms with Gasteiger partial charge in [0.1, 0.15) is 23.8 Å². The lowest BCUT2D eigenvalue weighted by Gasteiger charge is -2.53. The summed E-state index contributed by atoms with van der Waals surface area (Å²) in [6.45, 7) is 6.58. The predicted octanol–water partition coefficient (Wildman–Crippen LogP) is 17.6. The van der Waals surface area contributed by atoms with Gasteiger partial charge in [-0.3, -0.25) is 18.2 Å². The van der Waals surface area contributed by atoms with Crippen LogP contribution in [0.4, 0.5) is 46.5 Å². The minimum atomic E-state index is -4.82. The summed E-state index contributed by atoms with van der Waals surface area (Å²) in [7, 11) is -8.19. The zero-order valence-corrected chi connectivity index (χ0v) is 56.2. The fraction of sp³-hybridized carbons (Fsp3) is 0.400. The summed E-state index contributed by atoms with van der Waals surface area (Å²) in [4.78, 5) is 32.6. The molecule has 96 heavy (non-hydrogen) atoms. The fourth-order valence-electron chi connectivity index (χ4n) is 13.4. The van der Waals surface area contributed by atoms with Crippen molar-refractivity contribution in [3.05, 3.63) is 225 Å². The van der Waals surface area contributed by atoms with E-state index in [-0.39, 0.29) is 36.3 Å². The standard InChI is InChI=1S/2C35H34Cl2F4N2O4S/c2*1-2-18-34(21-35(39,40)41)33(44)43(31(23-12-14-25(36)15-13-23)32(47-34)24-6-5-7-26(37)19-24)30(22-10-11-22)20-42(48(45,46)27-16-17-27)29-9-4-3-8-28(29)38/h2*2-9,12-15,19,22,27,30-32H,1,10-11,16-18,20-21H2/t30-,31-,32-,34+;30-,31-,32-,34-/m11/s1. The number of ether oxygens (including phenoxy) is 2. The number of morpholine rings is 2. The molecule has 2 amide bonds. The van der Waals surface area contributed by atoms with Crippen LogP contribution in [-0.2, 0) is 39.1 Å². The van der Waals surface area contributed by atoms with Crippen molar-refractivity contribution in [3.8, 4) is 0 Å². The van der Waals surface area contributed by atoms with Crippen molar-refractivity contribution in [1.29, 1.82) is 0 Å². The van der Waals surface area contributed by atoms with Crippen molar-refractivity contribution >= 4 is 89.6 Å². The molecule has 2 heterocycles. The summed E-state index contributed by atoms with van der Waals surface area (Å²) >= 11 is 25.2. The summed E-state index contributed by atoms with van der Waals surface area (Å²) in [6, 6.07) is 33.0. The molecule has 6 aromatic carbocycles. The Morgan fingerprint density at radius 3 is 1.12 bits per heavy atom. The maximum absolute atomic E-state index is 15.4. The maximum atomic E-state index is 15.4. The first kappa shape index (κ1) is 71.1. The predicted molar refractivity (Wildman–Crippen MR) is 353 cm³/mol. The third-order valence-electron chi connectivity index (χ3n) is 18.3. The number of rotatable bonds is 24.